The summed E-state index contributed by atoms with van der Waals surface area (Å²) in [6, 6.07) is 14.1. The molecule has 142 valence electrons. The van der Waals surface area contributed by atoms with E-state index in [2.05, 4.69) is 10.3 Å². The molecule has 0 bridgehead atoms. The predicted octanol–water partition coefficient (Wildman–Crippen LogP) is 5.16. The van der Waals surface area contributed by atoms with E-state index in [4.69, 9.17) is 0 Å². The molecule has 0 unspecified atom stereocenters. The van der Waals surface area contributed by atoms with Crippen LogP contribution in [0.4, 0.5) is 18.9 Å². The van der Waals surface area contributed by atoms with Gasteiger partial charge in [0.1, 0.15) is 11.1 Å². The number of pyridine rings is 1. The summed E-state index contributed by atoms with van der Waals surface area (Å²) >= 11 is 1.00. The Kier molecular flexibility index (Phi) is 5.56. The number of nitrogens with zero attached hydrogens (tertiary/aromatic N) is 2. The van der Waals surface area contributed by atoms with Crippen molar-refractivity contribution < 1.29 is 18.0 Å². The van der Waals surface area contributed by atoms with Crippen LogP contribution < -0.4 is 5.32 Å². The van der Waals surface area contributed by atoms with E-state index in [1.165, 1.54) is 18.2 Å². The smallest absolute Gasteiger partial charge is 0.325 e. The molecular formula is C20H14F3N3OS. The number of alkyl halides is 3. The van der Waals surface area contributed by atoms with Gasteiger partial charge in [0, 0.05) is 5.39 Å². The van der Waals surface area contributed by atoms with Gasteiger partial charge in [-0.25, -0.2) is 4.98 Å². The Morgan fingerprint density at radius 2 is 1.96 bits per heavy atom. The fraction of sp³-hybridized carbons (Fsp3) is 0.150. The third-order valence-electron chi connectivity index (χ3n) is 3.90. The van der Waals surface area contributed by atoms with Gasteiger partial charge in [-0.2, -0.15) is 18.4 Å². The van der Waals surface area contributed by atoms with Crippen molar-refractivity contribution in [2.24, 2.45) is 0 Å². The Labute approximate surface area is 163 Å². The minimum atomic E-state index is -4.57. The average Bonchev–Trinajstić information content (AvgIpc) is 2.65. The minimum Gasteiger partial charge on any atom is -0.325 e. The van der Waals surface area contributed by atoms with E-state index in [9.17, 15) is 23.2 Å². The number of para-hydroxylation sites is 1. The van der Waals surface area contributed by atoms with Gasteiger partial charge in [0.2, 0.25) is 5.91 Å². The topological polar surface area (TPSA) is 65.8 Å². The lowest BCUT2D eigenvalue weighted by Crippen LogP contribution is -2.18. The number of halogens is 3. The summed E-state index contributed by atoms with van der Waals surface area (Å²) in [5, 5.41) is 12.8. The highest BCUT2D eigenvalue weighted by molar-refractivity contribution is 8.00. The van der Waals surface area contributed by atoms with Gasteiger partial charge in [-0.1, -0.05) is 35.5 Å². The second-order valence-corrected chi connectivity index (χ2v) is 6.99. The van der Waals surface area contributed by atoms with Gasteiger partial charge in [-0.3, -0.25) is 4.79 Å². The van der Waals surface area contributed by atoms with Gasteiger partial charge in [-0.15, -0.1) is 0 Å². The predicted molar refractivity (Wildman–Crippen MR) is 102 cm³/mol. The lowest BCUT2D eigenvalue weighted by atomic mass is 10.1. The lowest BCUT2D eigenvalue weighted by molar-refractivity contribution is -0.137. The molecule has 0 aliphatic carbocycles. The Morgan fingerprint density at radius 1 is 1.21 bits per heavy atom. The summed E-state index contributed by atoms with van der Waals surface area (Å²) in [4.78, 5) is 16.6. The molecule has 3 rings (SSSR count). The number of fused-ring (bicyclic) bond motifs is 1. The number of carbonyl (C=O) groups is 1. The fourth-order valence-electron chi connectivity index (χ4n) is 2.63. The molecule has 0 saturated heterocycles. The molecular weight excluding hydrogens is 387 g/mol. The number of anilines is 1. The highest BCUT2D eigenvalue weighted by atomic mass is 32.2. The maximum atomic E-state index is 13.0. The molecule has 3 aromatic rings. The largest absolute Gasteiger partial charge is 0.418 e. The van der Waals surface area contributed by atoms with E-state index in [0.717, 1.165) is 28.8 Å². The van der Waals surface area contributed by atoms with E-state index < -0.39 is 17.6 Å². The summed E-state index contributed by atoms with van der Waals surface area (Å²) in [5.41, 5.74) is 0.802. The van der Waals surface area contributed by atoms with Crippen LogP contribution in [0, 0.1) is 18.3 Å². The maximum absolute atomic E-state index is 13.0. The first kappa shape index (κ1) is 19.7. The number of rotatable bonds is 4. The van der Waals surface area contributed by atoms with Crippen LogP contribution in [0.3, 0.4) is 0 Å². The zero-order valence-corrected chi connectivity index (χ0v) is 15.5. The molecule has 0 saturated carbocycles. The van der Waals surface area contributed by atoms with Gasteiger partial charge in [0.05, 0.1) is 28.1 Å². The molecule has 0 fully saturated rings. The molecule has 28 heavy (non-hydrogen) atoms. The van der Waals surface area contributed by atoms with Crippen LogP contribution in [-0.2, 0) is 11.0 Å². The molecule has 0 spiro atoms. The Bertz CT molecular complexity index is 1090. The van der Waals surface area contributed by atoms with E-state index in [1.54, 1.807) is 6.07 Å². The SMILES string of the molecule is Cc1ccc2nc(SCC(=O)Nc3ccccc3C(F)(F)F)c(C#N)cc2c1. The average molecular weight is 401 g/mol. The second-order valence-electron chi connectivity index (χ2n) is 6.03. The van der Waals surface area contributed by atoms with Gasteiger partial charge in [-0.05, 0) is 37.3 Å². The van der Waals surface area contributed by atoms with Gasteiger partial charge in [0.15, 0.2) is 0 Å². The number of thioether (sulfide) groups is 1. The third-order valence-corrected chi connectivity index (χ3v) is 4.89. The van der Waals surface area contributed by atoms with Crippen molar-refractivity contribution in [1.82, 2.24) is 4.98 Å². The fourth-order valence-corrected chi connectivity index (χ4v) is 3.39. The van der Waals surface area contributed by atoms with Crippen LogP contribution in [0.15, 0.2) is 53.6 Å². The quantitative estimate of drug-likeness (QED) is 0.613. The van der Waals surface area contributed by atoms with Gasteiger partial charge >= 0.3 is 6.18 Å². The second kappa shape index (κ2) is 7.90. The molecule has 1 N–H and O–H groups in total. The summed E-state index contributed by atoms with van der Waals surface area (Å²) in [6.45, 7) is 1.93. The molecule has 8 heteroatoms. The monoisotopic (exact) mass is 401 g/mol. The molecule has 1 heterocycles. The first-order valence-corrected chi connectivity index (χ1v) is 9.17. The number of hydrogen-bond donors (Lipinski definition) is 1. The molecule has 1 amide bonds. The van der Waals surface area contributed by atoms with Crippen LogP contribution in [-0.4, -0.2) is 16.6 Å². The standard InChI is InChI=1S/C20H14F3N3OS/c1-12-6-7-16-13(8-12)9-14(10-24)19(26-16)28-11-18(27)25-17-5-3-2-4-15(17)20(21,22)23/h2-9H,11H2,1H3,(H,25,27). The molecule has 0 atom stereocenters. The van der Waals surface area contributed by atoms with E-state index in [0.29, 0.717) is 16.1 Å². The number of aromatic nitrogens is 1. The summed E-state index contributed by atoms with van der Waals surface area (Å²) < 4.78 is 39.1. The molecule has 4 nitrogen and oxygen atoms in total. The Hall–Kier alpha value is -3.05. The van der Waals surface area contributed by atoms with Crippen LogP contribution in [0.2, 0.25) is 0 Å². The Morgan fingerprint density at radius 3 is 2.68 bits per heavy atom. The molecule has 1 aromatic heterocycles. The summed E-state index contributed by atoms with van der Waals surface area (Å²) in [7, 11) is 0. The number of amides is 1. The first-order valence-electron chi connectivity index (χ1n) is 8.18. The van der Waals surface area contributed by atoms with Crippen molar-refractivity contribution in [2.45, 2.75) is 18.1 Å². The van der Waals surface area contributed by atoms with Crippen molar-refractivity contribution in [3.63, 3.8) is 0 Å². The number of aryl methyl sites for hydroxylation is 1. The van der Waals surface area contributed by atoms with Crippen molar-refractivity contribution in [2.75, 3.05) is 11.1 Å². The molecule has 2 aromatic carbocycles. The van der Waals surface area contributed by atoms with E-state index in [-0.39, 0.29) is 11.4 Å². The van der Waals surface area contributed by atoms with Crippen LogP contribution in [0.5, 0.6) is 0 Å². The highest BCUT2D eigenvalue weighted by Gasteiger charge is 2.33. The van der Waals surface area contributed by atoms with Crippen molar-refractivity contribution in [1.29, 1.82) is 5.26 Å². The molecule has 0 aliphatic heterocycles. The zero-order chi connectivity index (χ0) is 20.3. The third kappa shape index (κ3) is 4.43. The van der Waals surface area contributed by atoms with Crippen LogP contribution in [0.1, 0.15) is 16.7 Å². The normalized spacial score (nSPS) is 11.2. The maximum Gasteiger partial charge on any atom is 0.418 e. The number of nitrogens with one attached hydrogen (secondary N) is 1. The van der Waals surface area contributed by atoms with E-state index in [1.807, 2.05) is 31.2 Å². The highest BCUT2D eigenvalue weighted by Crippen LogP contribution is 2.34. The van der Waals surface area contributed by atoms with Gasteiger partial charge in [0.25, 0.3) is 0 Å². The van der Waals surface area contributed by atoms with E-state index >= 15 is 0 Å². The number of hydrogen-bond acceptors (Lipinski definition) is 4. The summed E-state index contributed by atoms with van der Waals surface area (Å²) in [6.07, 6.45) is -4.57. The zero-order valence-electron chi connectivity index (χ0n) is 14.7. The van der Waals surface area contributed by atoms with Crippen molar-refractivity contribution in [3.05, 3.63) is 65.2 Å². The van der Waals surface area contributed by atoms with Crippen LogP contribution in [0.25, 0.3) is 10.9 Å². The lowest BCUT2D eigenvalue weighted by Gasteiger charge is -2.13. The molecule has 0 aliphatic rings. The Balaban J connectivity index is 1.77. The number of benzene rings is 2. The first-order chi connectivity index (χ1) is 13.3. The van der Waals surface area contributed by atoms with Gasteiger partial charge < -0.3 is 5.32 Å². The van der Waals surface area contributed by atoms with Crippen molar-refractivity contribution in [3.8, 4) is 6.07 Å². The van der Waals surface area contributed by atoms with Crippen molar-refractivity contribution >= 4 is 34.3 Å². The molecule has 0 radical (unpaired) electrons. The van der Waals surface area contributed by atoms with Crippen LogP contribution >= 0.6 is 11.8 Å². The number of nitriles is 1. The minimum absolute atomic E-state index is 0.175. The number of carbonyl (C=O) groups excluding carboxylic acids is 1. The summed E-state index contributed by atoms with van der Waals surface area (Å²) in [5.74, 6) is -0.790.